The van der Waals surface area contributed by atoms with E-state index in [2.05, 4.69) is 21.0 Å². The molecule has 4 nitrogen and oxygen atoms in total. The van der Waals surface area contributed by atoms with E-state index in [0.717, 1.165) is 0 Å². The van der Waals surface area contributed by atoms with E-state index in [1.165, 1.54) is 16.8 Å². The Morgan fingerprint density at radius 3 is 2.50 bits per heavy atom. The van der Waals surface area contributed by atoms with Crippen molar-refractivity contribution < 1.29 is 23.1 Å². The predicted molar refractivity (Wildman–Crippen MR) is 86.5 cm³/mol. The summed E-state index contributed by atoms with van der Waals surface area (Å²) in [5.41, 5.74) is 1.86. The molecule has 0 fully saturated rings. The van der Waals surface area contributed by atoms with Gasteiger partial charge in [-0.05, 0) is 47.1 Å². The van der Waals surface area contributed by atoms with Crippen LogP contribution in [0.2, 0.25) is 0 Å². The standard InChI is InChI=1S/C16H16BrF3N2O2/c1-10-14(17)15(11-2-4-12(18)5-3-11)22(21-10)9-8-16(19,20)7-6-13(23)24/h2-5H,6-9H2,1H3,(H,23,24). The fourth-order valence-corrected chi connectivity index (χ4v) is 2.80. The fourth-order valence-electron chi connectivity index (χ4n) is 2.29. The number of halogens is 4. The highest BCUT2D eigenvalue weighted by Gasteiger charge is 2.30. The molecule has 0 spiro atoms. The molecule has 0 unspecified atom stereocenters. The van der Waals surface area contributed by atoms with E-state index in [1.807, 2.05) is 0 Å². The van der Waals surface area contributed by atoms with Gasteiger partial charge in [0.05, 0.1) is 22.3 Å². The largest absolute Gasteiger partial charge is 0.481 e. The number of nitrogens with zero attached hydrogens (tertiary/aromatic N) is 2. The first kappa shape index (κ1) is 18.5. The van der Waals surface area contributed by atoms with Gasteiger partial charge in [-0.15, -0.1) is 0 Å². The third-order valence-electron chi connectivity index (χ3n) is 3.57. The molecule has 1 aromatic carbocycles. The number of aliphatic carboxylic acids is 1. The van der Waals surface area contributed by atoms with E-state index in [0.29, 0.717) is 21.4 Å². The quantitative estimate of drug-likeness (QED) is 0.730. The van der Waals surface area contributed by atoms with Crippen molar-refractivity contribution in [2.75, 3.05) is 0 Å². The van der Waals surface area contributed by atoms with Gasteiger partial charge in [0.1, 0.15) is 5.82 Å². The maximum atomic E-state index is 13.8. The Labute approximate surface area is 145 Å². The normalized spacial score (nSPS) is 11.7. The van der Waals surface area contributed by atoms with Gasteiger partial charge >= 0.3 is 5.97 Å². The topological polar surface area (TPSA) is 55.1 Å². The van der Waals surface area contributed by atoms with Gasteiger partial charge in [0, 0.05) is 24.9 Å². The van der Waals surface area contributed by atoms with Crippen LogP contribution in [-0.4, -0.2) is 26.8 Å². The number of alkyl halides is 2. The molecule has 2 aromatic rings. The number of benzene rings is 1. The Balaban J connectivity index is 2.20. The molecule has 0 bridgehead atoms. The highest BCUT2D eigenvalue weighted by molar-refractivity contribution is 9.10. The summed E-state index contributed by atoms with van der Waals surface area (Å²) in [6.45, 7) is 1.65. The van der Waals surface area contributed by atoms with Gasteiger partial charge in [-0.25, -0.2) is 13.2 Å². The average molecular weight is 405 g/mol. The van der Waals surface area contributed by atoms with Gasteiger partial charge < -0.3 is 5.11 Å². The highest BCUT2D eigenvalue weighted by atomic mass is 79.9. The zero-order valence-electron chi connectivity index (χ0n) is 12.9. The molecule has 0 saturated heterocycles. The Morgan fingerprint density at radius 2 is 1.92 bits per heavy atom. The minimum Gasteiger partial charge on any atom is -0.481 e. The van der Waals surface area contributed by atoms with Gasteiger partial charge in [-0.1, -0.05) is 0 Å². The number of carboxylic acids is 1. The van der Waals surface area contributed by atoms with Gasteiger partial charge in [0.25, 0.3) is 5.92 Å². The average Bonchev–Trinajstić information content (AvgIpc) is 2.80. The number of hydrogen-bond donors (Lipinski definition) is 1. The molecule has 1 aromatic heterocycles. The first-order valence-electron chi connectivity index (χ1n) is 7.28. The van der Waals surface area contributed by atoms with E-state index in [4.69, 9.17) is 5.11 Å². The summed E-state index contributed by atoms with van der Waals surface area (Å²) in [7, 11) is 0. The monoisotopic (exact) mass is 404 g/mol. The van der Waals surface area contributed by atoms with Crippen LogP contribution < -0.4 is 0 Å². The zero-order valence-corrected chi connectivity index (χ0v) is 14.5. The molecule has 1 N–H and O–H groups in total. The predicted octanol–water partition coefficient (Wildman–Crippen LogP) is 4.65. The molecule has 0 atom stereocenters. The molecule has 0 saturated carbocycles. The lowest BCUT2D eigenvalue weighted by atomic mass is 10.1. The number of carbonyl (C=O) groups is 1. The molecule has 24 heavy (non-hydrogen) atoms. The highest BCUT2D eigenvalue weighted by Crippen LogP contribution is 2.33. The van der Waals surface area contributed by atoms with Crippen LogP contribution in [-0.2, 0) is 11.3 Å². The Kier molecular flexibility index (Phi) is 5.69. The Hall–Kier alpha value is -1.83. The molecular formula is C16H16BrF3N2O2. The van der Waals surface area contributed by atoms with Crippen LogP contribution in [0.4, 0.5) is 13.2 Å². The smallest absolute Gasteiger partial charge is 0.303 e. The molecule has 0 aliphatic rings. The maximum Gasteiger partial charge on any atom is 0.303 e. The third-order valence-corrected chi connectivity index (χ3v) is 4.52. The summed E-state index contributed by atoms with van der Waals surface area (Å²) in [6.07, 6.45) is -1.82. The summed E-state index contributed by atoms with van der Waals surface area (Å²) in [6, 6.07) is 5.68. The first-order valence-corrected chi connectivity index (χ1v) is 8.07. The summed E-state index contributed by atoms with van der Waals surface area (Å²) >= 11 is 3.38. The number of rotatable bonds is 7. The maximum absolute atomic E-state index is 13.8. The lowest BCUT2D eigenvalue weighted by molar-refractivity contribution is -0.139. The van der Waals surface area contributed by atoms with E-state index in [-0.39, 0.29) is 6.54 Å². The zero-order chi connectivity index (χ0) is 17.9. The van der Waals surface area contributed by atoms with Gasteiger partial charge in [-0.3, -0.25) is 9.48 Å². The minimum absolute atomic E-state index is 0.0776. The second kappa shape index (κ2) is 7.38. The van der Waals surface area contributed by atoms with Crippen LogP contribution in [0.1, 0.15) is 25.0 Å². The van der Waals surface area contributed by atoms with Crippen molar-refractivity contribution in [2.45, 2.75) is 38.7 Å². The van der Waals surface area contributed by atoms with Crippen molar-refractivity contribution in [3.05, 3.63) is 40.2 Å². The van der Waals surface area contributed by atoms with Crippen molar-refractivity contribution in [2.24, 2.45) is 0 Å². The van der Waals surface area contributed by atoms with Crippen molar-refractivity contribution in [1.82, 2.24) is 9.78 Å². The Morgan fingerprint density at radius 1 is 1.29 bits per heavy atom. The minimum atomic E-state index is -3.09. The number of aromatic nitrogens is 2. The van der Waals surface area contributed by atoms with Crippen molar-refractivity contribution >= 4 is 21.9 Å². The number of hydrogen-bond acceptors (Lipinski definition) is 2. The third kappa shape index (κ3) is 4.59. The lowest BCUT2D eigenvalue weighted by Gasteiger charge is -2.16. The van der Waals surface area contributed by atoms with E-state index in [1.54, 1.807) is 19.1 Å². The van der Waals surface area contributed by atoms with Crippen LogP contribution in [0.15, 0.2) is 28.7 Å². The summed E-state index contributed by atoms with van der Waals surface area (Å²) in [5, 5.41) is 12.8. The van der Waals surface area contributed by atoms with E-state index >= 15 is 0 Å². The summed E-state index contributed by atoms with van der Waals surface area (Å²) in [5.74, 6) is -4.73. The summed E-state index contributed by atoms with van der Waals surface area (Å²) < 4.78 is 42.8. The van der Waals surface area contributed by atoms with Crippen molar-refractivity contribution in [3.8, 4) is 11.3 Å². The van der Waals surface area contributed by atoms with Crippen LogP contribution in [0, 0.1) is 12.7 Å². The number of aryl methyl sites for hydroxylation is 2. The van der Waals surface area contributed by atoms with E-state index in [9.17, 15) is 18.0 Å². The SMILES string of the molecule is Cc1nn(CCC(F)(F)CCC(=O)O)c(-c2ccc(F)cc2)c1Br. The van der Waals surface area contributed by atoms with Gasteiger partial charge in [-0.2, -0.15) is 5.10 Å². The molecule has 0 aliphatic carbocycles. The lowest BCUT2D eigenvalue weighted by Crippen LogP contribution is -2.21. The molecule has 130 valence electrons. The van der Waals surface area contributed by atoms with Crippen LogP contribution in [0.3, 0.4) is 0 Å². The van der Waals surface area contributed by atoms with Crippen LogP contribution in [0.5, 0.6) is 0 Å². The van der Waals surface area contributed by atoms with Crippen molar-refractivity contribution in [3.63, 3.8) is 0 Å². The fraction of sp³-hybridized carbons (Fsp3) is 0.375. The van der Waals surface area contributed by atoms with Crippen LogP contribution >= 0.6 is 15.9 Å². The van der Waals surface area contributed by atoms with Gasteiger partial charge in [0.15, 0.2) is 0 Å². The molecule has 2 rings (SSSR count). The molecule has 0 aliphatic heterocycles. The molecule has 8 heteroatoms. The van der Waals surface area contributed by atoms with E-state index < -0.39 is 37.0 Å². The summed E-state index contributed by atoms with van der Waals surface area (Å²) in [4.78, 5) is 10.4. The molecule has 0 radical (unpaired) electrons. The van der Waals surface area contributed by atoms with Crippen LogP contribution in [0.25, 0.3) is 11.3 Å². The Bertz CT molecular complexity index is 730. The molecule has 1 heterocycles. The second-order valence-electron chi connectivity index (χ2n) is 5.48. The molecular weight excluding hydrogens is 389 g/mol. The molecule has 0 amide bonds. The number of carboxylic acid groups (broad SMARTS) is 1. The second-order valence-corrected chi connectivity index (χ2v) is 6.27. The van der Waals surface area contributed by atoms with Gasteiger partial charge in [0.2, 0.25) is 0 Å². The van der Waals surface area contributed by atoms with Crippen molar-refractivity contribution in [1.29, 1.82) is 0 Å². The first-order chi connectivity index (χ1) is 11.2.